The molecule has 3 aromatic rings. The van der Waals surface area contributed by atoms with Crippen LogP contribution in [0, 0.1) is 6.92 Å². The van der Waals surface area contributed by atoms with Crippen molar-refractivity contribution in [2.24, 2.45) is 0 Å². The number of carbonyl (C=O) groups excluding carboxylic acids is 1. The summed E-state index contributed by atoms with van der Waals surface area (Å²) in [4.78, 5) is 12.7. The third-order valence-corrected chi connectivity index (χ3v) is 5.73. The Morgan fingerprint density at radius 1 is 0.931 bits per heavy atom. The lowest BCUT2D eigenvalue weighted by Crippen LogP contribution is -2.24. The Balaban J connectivity index is 1.75. The van der Waals surface area contributed by atoms with E-state index < -0.39 is 10.0 Å². The Morgan fingerprint density at radius 3 is 2.24 bits per heavy atom. The highest BCUT2D eigenvalue weighted by molar-refractivity contribution is 7.89. The summed E-state index contributed by atoms with van der Waals surface area (Å²) >= 11 is 0. The van der Waals surface area contributed by atoms with Crippen molar-refractivity contribution in [3.63, 3.8) is 0 Å². The van der Waals surface area contributed by atoms with Crippen LogP contribution < -0.4 is 14.8 Å². The molecule has 0 bridgehead atoms. The topological polar surface area (TPSA) is 84.5 Å². The van der Waals surface area contributed by atoms with Crippen LogP contribution in [0.4, 0.5) is 5.69 Å². The van der Waals surface area contributed by atoms with Gasteiger partial charge in [0.15, 0.2) is 0 Å². The third-order valence-electron chi connectivity index (χ3n) is 4.19. The largest absolute Gasteiger partial charge is 0.457 e. The second-order valence-corrected chi connectivity index (χ2v) is 8.14. The zero-order chi connectivity index (χ0) is 20.9. The number of anilines is 1. The van der Waals surface area contributed by atoms with Gasteiger partial charge in [-0.05, 0) is 61.0 Å². The molecule has 1 amide bonds. The number of hydrogen-bond acceptors (Lipinski definition) is 4. The molecule has 0 atom stereocenters. The predicted molar refractivity (Wildman–Crippen MR) is 113 cm³/mol. The van der Waals surface area contributed by atoms with Gasteiger partial charge in [-0.3, -0.25) is 4.79 Å². The number of hydrogen-bond donors (Lipinski definition) is 2. The van der Waals surface area contributed by atoms with Crippen LogP contribution in [0.2, 0.25) is 0 Å². The van der Waals surface area contributed by atoms with Crippen molar-refractivity contribution in [1.29, 1.82) is 0 Å². The van der Waals surface area contributed by atoms with E-state index in [0.717, 1.165) is 5.75 Å². The quantitative estimate of drug-likeness (QED) is 0.607. The number of benzene rings is 3. The van der Waals surface area contributed by atoms with Gasteiger partial charge in [0.25, 0.3) is 5.91 Å². The highest BCUT2D eigenvalue weighted by Crippen LogP contribution is 2.23. The normalized spacial score (nSPS) is 11.1. The zero-order valence-corrected chi connectivity index (χ0v) is 17.0. The molecule has 0 aliphatic heterocycles. The second-order valence-electron chi connectivity index (χ2n) is 6.37. The van der Waals surface area contributed by atoms with Gasteiger partial charge in [-0.15, -0.1) is 0 Å². The molecule has 7 heteroatoms. The average molecular weight is 410 g/mol. The minimum absolute atomic E-state index is 0.0571. The van der Waals surface area contributed by atoms with E-state index in [2.05, 4.69) is 10.0 Å². The van der Waals surface area contributed by atoms with Crippen molar-refractivity contribution >= 4 is 21.6 Å². The summed E-state index contributed by atoms with van der Waals surface area (Å²) < 4.78 is 32.6. The maximum absolute atomic E-state index is 12.7. The molecule has 0 heterocycles. The number of sulfonamides is 1. The van der Waals surface area contributed by atoms with Crippen molar-refractivity contribution in [3.8, 4) is 11.5 Å². The van der Waals surface area contributed by atoms with Crippen molar-refractivity contribution in [1.82, 2.24) is 4.72 Å². The van der Waals surface area contributed by atoms with Gasteiger partial charge in [-0.25, -0.2) is 13.1 Å². The maximum Gasteiger partial charge on any atom is 0.255 e. The number of carbonyl (C=O) groups is 1. The molecule has 6 nitrogen and oxygen atoms in total. The first kappa shape index (κ1) is 20.6. The van der Waals surface area contributed by atoms with Crippen molar-refractivity contribution in [2.45, 2.75) is 18.7 Å². The van der Waals surface area contributed by atoms with Crippen LogP contribution in [0.25, 0.3) is 0 Å². The van der Waals surface area contributed by atoms with Gasteiger partial charge in [-0.2, -0.15) is 0 Å². The molecule has 0 unspecified atom stereocenters. The molecule has 0 radical (unpaired) electrons. The molecule has 3 aromatic carbocycles. The molecular formula is C22H22N2O4S. The van der Waals surface area contributed by atoms with Crippen molar-refractivity contribution in [3.05, 3.63) is 83.9 Å². The first-order valence-electron chi connectivity index (χ1n) is 9.13. The van der Waals surface area contributed by atoms with E-state index in [4.69, 9.17) is 4.74 Å². The van der Waals surface area contributed by atoms with Crippen LogP contribution in [0.1, 0.15) is 22.8 Å². The molecule has 0 aliphatic carbocycles. The van der Waals surface area contributed by atoms with Crippen LogP contribution in [-0.2, 0) is 10.0 Å². The number of ether oxygens (including phenoxy) is 1. The van der Waals surface area contributed by atoms with E-state index in [1.54, 1.807) is 44.2 Å². The molecule has 0 saturated heterocycles. The lowest BCUT2D eigenvalue weighted by molar-refractivity contribution is 0.102. The molecule has 29 heavy (non-hydrogen) atoms. The number of aryl methyl sites for hydroxylation is 1. The first-order chi connectivity index (χ1) is 13.9. The van der Waals surface area contributed by atoms with Crippen LogP contribution in [0.5, 0.6) is 11.5 Å². The monoisotopic (exact) mass is 410 g/mol. The molecule has 150 valence electrons. The third kappa shape index (κ3) is 5.22. The van der Waals surface area contributed by atoms with Crippen LogP contribution in [0.3, 0.4) is 0 Å². The minimum Gasteiger partial charge on any atom is -0.457 e. The molecule has 0 aromatic heterocycles. The van der Waals surface area contributed by atoms with Crippen LogP contribution >= 0.6 is 0 Å². The van der Waals surface area contributed by atoms with Gasteiger partial charge in [0.2, 0.25) is 10.0 Å². The van der Waals surface area contributed by atoms with Gasteiger partial charge in [-0.1, -0.05) is 31.2 Å². The van der Waals surface area contributed by atoms with Gasteiger partial charge >= 0.3 is 0 Å². The first-order valence-corrected chi connectivity index (χ1v) is 10.6. The summed E-state index contributed by atoms with van der Waals surface area (Å²) in [6, 6.07) is 20.8. The summed E-state index contributed by atoms with van der Waals surface area (Å²) in [5.74, 6) is 0.982. The fourth-order valence-corrected chi connectivity index (χ4v) is 3.78. The van der Waals surface area contributed by atoms with E-state index in [-0.39, 0.29) is 17.3 Å². The fourth-order valence-electron chi connectivity index (χ4n) is 2.72. The number of amides is 1. The predicted octanol–water partition coefficient (Wildman–Crippen LogP) is 4.34. The van der Waals surface area contributed by atoms with E-state index in [1.807, 2.05) is 30.3 Å². The number of rotatable bonds is 7. The standard InChI is InChI=1S/C22H22N2O4S/c1-3-23-29(26,27)20-14-9-16(2)21(15-20)22(25)24-17-10-12-19(13-11-17)28-18-7-5-4-6-8-18/h4-15,23H,3H2,1-2H3,(H,24,25). The Bertz CT molecular complexity index is 1100. The second kappa shape index (κ2) is 8.89. The molecular weight excluding hydrogens is 388 g/mol. The lowest BCUT2D eigenvalue weighted by Gasteiger charge is -2.11. The van der Waals surface area contributed by atoms with E-state index in [1.165, 1.54) is 12.1 Å². The summed E-state index contributed by atoms with van der Waals surface area (Å²) in [5.41, 5.74) is 1.56. The minimum atomic E-state index is -3.64. The summed E-state index contributed by atoms with van der Waals surface area (Å²) in [6.45, 7) is 3.73. The molecule has 2 N–H and O–H groups in total. The van der Waals surface area contributed by atoms with E-state index in [0.29, 0.717) is 22.6 Å². The smallest absolute Gasteiger partial charge is 0.255 e. The van der Waals surface area contributed by atoms with E-state index >= 15 is 0 Å². The van der Waals surface area contributed by atoms with Gasteiger partial charge < -0.3 is 10.1 Å². The highest BCUT2D eigenvalue weighted by atomic mass is 32.2. The molecule has 0 spiro atoms. The fraction of sp³-hybridized carbons (Fsp3) is 0.136. The average Bonchev–Trinajstić information content (AvgIpc) is 2.70. The molecule has 0 aliphatic rings. The van der Waals surface area contributed by atoms with Crippen LogP contribution in [-0.4, -0.2) is 20.9 Å². The van der Waals surface area contributed by atoms with Gasteiger partial charge in [0, 0.05) is 17.8 Å². The SMILES string of the molecule is CCNS(=O)(=O)c1ccc(C)c(C(=O)Nc2ccc(Oc3ccccc3)cc2)c1. The summed E-state index contributed by atoms with van der Waals surface area (Å²) in [6.07, 6.45) is 0. The Morgan fingerprint density at radius 2 is 1.59 bits per heavy atom. The van der Waals surface area contributed by atoms with Crippen molar-refractivity contribution in [2.75, 3.05) is 11.9 Å². The summed E-state index contributed by atoms with van der Waals surface area (Å²) in [5, 5.41) is 2.79. The van der Waals surface area contributed by atoms with Crippen molar-refractivity contribution < 1.29 is 17.9 Å². The number of para-hydroxylation sites is 1. The Labute approximate surface area is 170 Å². The molecule has 0 fully saturated rings. The van der Waals surface area contributed by atoms with E-state index in [9.17, 15) is 13.2 Å². The molecule has 3 rings (SSSR count). The van der Waals surface area contributed by atoms with Gasteiger partial charge in [0.1, 0.15) is 11.5 Å². The zero-order valence-electron chi connectivity index (χ0n) is 16.2. The molecule has 0 saturated carbocycles. The Hall–Kier alpha value is -3.16. The van der Waals surface area contributed by atoms with Crippen LogP contribution in [0.15, 0.2) is 77.7 Å². The van der Waals surface area contributed by atoms with Gasteiger partial charge in [0.05, 0.1) is 4.90 Å². The Kier molecular flexibility index (Phi) is 6.31. The maximum atomic E-state index is 12.7. The lowest BCUT2D eigenvalue weighted by atomic mass is 10.1. The number of nitrogens with one attached hydrogen (secondary N) is 2. The summed E-state index contributed by atoms with van der Waals surface area (Å²) in [7, 11) is -3.64. The highest BCUT2D eigenvalue weighted by Gasteiger charge is 2.17.